The zero-order chi connectivity index (χ0) is 58.7. The van der Waals surface area contributed by atoms with E-state index in [-0.39, 0.29) is 77.4 Å². The molecule has 0 spiro atoms. The minimum absolute atomic E-state index is 0.00288. The Morgan fingerprint density at radius 1 is 0.704 bits per heavy atom. The van der Waals surface area contributed by atoms with E-state index in [9.17, 15) is 33.6 Å². The SMILES string of the molecule is CC1C[C@@H](NC(=O)C(Cc2ccccc2)NC(=O)CN(C[C@@H](C)c2ccccc2)C(=O)OC(C)(C)C)C(=O)N1[C@H](CCCCNC(=O)OC(C)(C)C)C(=O)N1CCC(NC(=O)OCc2ccccc2)(C(=O)OCc2ccccc2)CC1. The van der Waals surface area contributed by atoms with Gasteiger partial charge in [0.05, 0.1) is 0 Å². The molecule has 81 heavy (non-hydrogen) atoms. The number of nitrogens with one attached hydrogen (secondary N) is 4. The summed E-state index contributed by atoms with van der Waals surface area (Å²) in [5, 5.41) is 11.3. The molecule has 19 nitrogen and oxygen atoms in total. The maximum atomic E-state index is 15.0. The number of carbonyl (C=O) groups excluding carboxylic acids is 8. The number of ether oxygens (including phenoxy) is 4. The predicted octanol–water partition coefficient (Wildman–Crippen LogP) is 7.95. The van der Waals surface area contributed by atoms with Crippen LogP contribution in [-0.2, 0) is 62.6 Å². The summed E-state index contributed by atoms with van der Waals surface area (Å²) >= 11 is 0. The number of rotatable bonds is 23. The van der Waals surface area contributed by atoms with Crippen LogP contribution in [0.25, 0.3) is 0 Å². The molecule has 436 valence electrons. The molecule has 0 aliphatic carbocycles. The van der Waals surface area contributed by atoms with Gasteiger partial charge in [0.25, 0.3) is 0 Å². The van der Waals surface area contributed by atoms with Gasteiger partial charge in [0.2, 0.25) is 23.6 Å². The van der Waals surface area contributed by atoms with Crippen molar-refractivity contribution in [2.75, 3.05) is 32.7 Å². The number of piperidine rings is 1. The largest absolute Gasteiger partial charge is 0.459 e. The molecule has 4 aromatic rings. The topological polar surface area (TPSA) is 231 Å². The molecule has 19 heteroatoms. The van der Waals surface area contributed by atoms with E-state index in [0.717, 1.165) is 22.3 Å². The van der Waals surface area contributed by atoms with E-state index in [1.54, 1.807) is 65.5 Å². The highest BCUT2D eigenvalue weighted by Gasteiger charge is 2.49. The molecule has 2 saturated heterocycles. The minimum Gasteiger partial charge on any atom is -0.459 e. The molecule has 5 atom stereocenters. The summed E-state index contributed by atoms with van der Waals surface area (Å²) in [4.78, 5) is 117. The second kappa shape index (κ2) is 29.0. The third kappa shape index (κ3) is 19.4. The Morgan fingerprint density at radius 2 is 1.25 bits per heavy atom. The van der Waals surface area contributed by atoms with E-state index >= 15 is 4.79 Å². The molecule has 0 aromatic heterocycles. The molecule has 0 radical (unpaired) electrons. The summed E-state index contributed by atoms with van der Waals surface area (Å²) in [6, 6.07) is 33.0. The van der Waals surface area contributed by atoms with Gasteiger partial charge < -0.3 is 50.0 Å². The molecular weight excluding hydrogens is 1030 g/mol. The van der Waals surface area contributed by atoms with E-state index in [1.807, 2.05) is 116 Å². The Bertz CT molecular complexity index is 2730. The first kappa shape index (κ1) is 62.2. The van der Waals surface area contributed by atoms with Crippen LogP contribution < -0.4 is 21.3 Å². The maximum Gasteiger partial charge on any atom is 0.410 e. The Hall–Kier alpha value is -7.96. The molecule has 7 amide bonds. The first-order valence-electron chi connectivity index (χ1n) is 27.9. The molecule has 4 N–H and O–H groups in total. The van der Waals surface area contributed by atoms with Gasteiger partial charge in [0.1, 0.15) is 54.6 Å². The van der Waals surface area contributed by atoms with Crippen molar-refractivity contribution in [1.82, 2.24) is 36.0 Å². The first-order valence-corrected chi connectivity index (χ1v) is 27.9. The van der Waals surface area contributed by atoms with Gasteiger partial charge in [-0.25, -0.2) is 19.2 Å². The van der Waals surface area contributed by atoms with E-state index in [2.05, 4.69) is 21.3 Å². The van der Waals surface area contributed by atoms with Crippen molar-refractivity contribution in [3.8, 4) is 0 Å². The minimum atomic E-state index is -1.56. The van der Waals surface area contributed by atoms with E-state index in [1.165, 1.54) is 9.80 Å². The van der Waals surface area contributed by atoms with Crippen molar-refractivity contribution in [3.05, 3.63) is 144 Å². The van der Waals surface area contributed by atoms with Crippen LogP contribution in [-0.4, -0.2) is 136 Å². The number of esters is 1. The monoisotopic (exact) mass is 1120 g/mol. The van der Waals surface area contributed by atoms with Gasteiger partial charge >= 0.3 is 24.2 Å². The smallest absolute Gasteiger partial charge is 0.410 e. The Kier molecular flexibility index (Phi) is 22.3. The second-order valence-corrected chi connectivity index (χ2v) is 23.0. The second-order valence-electron chi connectivity index (χ2n) is 23.0. The number of benzene rings is 4. The molecule has 2 aliphatic heterocycles. The van der Waals surface area contributed by atoms with Crippen LogP contribution in [0.2, 0.25) is 0 Å². The average molecular weight is 1120 g/mol. The summed E-state index contributed by atoms with van der Waals surface area (Å²) < 4.78 is 22.5. The number of carbonyl (C=O) groups is 8. The van der Waals surface area contributed by atoms with E-state index in [4.69, 9.17) is 18.9 Å². The number of unbranched alkanes of at least 4 members (excludes halogenated alkanes) is 1. The predicted molar refractivity (Wildman–Crippen MR) is 304 cm³/mol. The van der Waals surface area contributed by atoms with Crippen molar-refractivity contribution in [2.45, 2.75) is 160 Å². The van der Waals surface area contributed by atoms with Crippen LogP contribution in [0.4, 0.5) is 14.4 Å². The zero-order valence-electron chi connectivity index (χ0n) is 48.1. The van der Waals surface area contributed by atoms with Crippen molar-refractivity contribution in [3.63, 3.8) is 0 Å². The van der Waals surface area contributed by atoms with Crippen LogP contribution >= 0.6 is 0 Å². The highest BCUT2D eigenvalue weighted by molar-refractivity contribution is 5.96. The lowest BCUT2D eigenvalue weighted by Gasteiger charge is -2.42. The molecule has 2 heterocycles. The summed E-state index contributed by atoms with van der Waals surface area (Å²) in [6.07, 6.45) is -0.978. The third-order valence-corrected chi connectivity index (χ3v) is 14.0. The summed E-state index contributed by atoms with van der Waals surface area (Å²) in [6.45, 7) is 14.1. The fourth-order valence-corrected chi connectivity index (χ4v) is 9.89. The summed E-state index contributed by atoms with van der Waals surface area (Å²) in [7, 11) is 0. The van der Waals surface area contributed by atoms with E-state index in [0.29, 0.717) is 12.8 Å². The quantitative estimate of drug-likeness (QED) is 0.0315. The molecule has 0 saturated carbocycles. The number of likely N-dealkylation sites (tertiary alicyclic amines) is 2. The van der Waals surface area contributed by atoms with Gasteiger partial charge in [0.15, 0.2) is 0 Å². The molecule has 2 unspecified atom stereocenters. The Morgan fingerprint density at radius 3 is 1.81 bits per heavy atom. The van der Waals surface area contributed by atoms with Crippen LogP contribution in [0.5, 0.6) is 0 Å². The third-order valence-electron chi connectivity index (χ3n) is 14.0. The molecule has 6 rings (SSSR count). The standard InChI is InChI=1S/C62H81N7O12/c1-43(48-29-19-12-20-30-48)39-68(59(77)81-61(6,7)8)40-52(70)64-49(38-45-23-13-9-14-24-45)53(71)65-50-37-44(2)69(54(50)72)51(31-21-22-34-63-57(75)80-60(3,4)5)55(73)67-35-32-62(33-36-67,56(74)78-41-46-25-15-10-16-26-46)66-58(76)79-42-47-27-17-11-18-28-47/h9-20,23-30,43-44,49-51H,21-22,31-42H2,1-8H3,(H,63,75)(H,64,70)(H,65,71)(H,66,76)/t43-,44?,49?,50-,51-/m1/s1. The first-order chi connectivity index (χ1) is 38.5. The zero-order valence-corrected chi connectivity index (χ0v) is 48.1. The molecular formula is C62H81N7O12. The van der Waals surface area contributed by atoms with E-state index < -0.39 is 95.3 Å². The van der Waals surface area contributed by atoms with Crippen molar-refractivity contribution in [2.24, 2.45) is 0 Å². The van der Waals surface area contributed by atoms with Crippen molar-refractivity contribution < 1.29 is 57.3 Å². The lowest BCUT2D eigenvalue weighted by atomic mass is 9.87. The maximum absolute atomic E-state index is 15.0. The summed E-state index contributed by atoms with van der Waals surface area (Å²) in [5.74, 6) is -3.02. The van der Waals surface area contributed by atoms with Crippen LogP contribution in [0.3, 0.4) is 0 Å². The van der Waals surface area contributed by atoms with Crippen LogP contribution in [0.15, 0.2) is 121 Å². The van der Waals surface area contributed by atoms with Crippen molar-refractivity contribution in [1.29, 1.82) is 0 Å². The number of hydrogen-bond donors (Lipinski definition) is 4. The number of alkyl carbamates (subject to hydrolysis) is 2. The number of nitrogens with zero attached hydrogens (tertiary/aromatic N) is 3. The van der Waals surface area contributed by atoms with Gasteiger partial charge in [-0.1, -0.05) is 128 Å². The number of hydrogen-bond acceptors (Lipinski definition) is 12. The van der Waals surface area contributed by atoms with Gasteiger partial charge in [0, 0.05) is 38.6 Å². The molecule has 4 aromatic carbocycles. The van der Waals surface area contributed by atoms with Crippen molar-refractivity contribution >= 4 is 47.9 Å². The highest BCUT2D eigenvalue weighted by atomic mass is 16.6. The molecule has 2 fully saturated rings. The molecule has 0 bridgehead atoms. The normalized spacial score (nSPS) is 17.1. The van der Waals surface area contributed by atoms with Crippen LogP contribution in [0, 0.1) is 0 Å². The fraction of sp³-hybridized carbons (Fsp3) is 0.484. The molecule has 2 aliphatic rings. The fourth-order valence-electron chi connectivity index (χ4n) is 9.89. The summed E-state index contributed by atoms with van der Waals surface area (Å²) in [5.41, 5.74) is 0.0522. The van der Waals surface area contributed by atoms with Gasteiger partial charge in [-0.2, -0.15) is 0 Å². The van der Waals surface area contributed by atoms with Crippen LogP contribution in [0.1, 0.15) is 122 Å². The Balaban J connectivity index is 1.19. The lowest BCUT2D eigenvalue weighted by Crippen LogP contribution is -2.63. The van der Waals surface area contributed by atoms with Gasteiger partial charge in [-0.05, 0) is 115 Å². The lowest BCUT2D eigenvalue weighted by molar-refractivity contribution is -0.157. The number of amides is 7. The Labute approximate surface area is 476 Å². The average Bonchev–Trinajstić information content (AvgIpc) is 3.99. The van der Waals surface area contributed by atoms with Gasteiger partial charge in [-0.3, -0.25) is 24.1 Å². The van der Waals surface area contributed by atoms with Gasteiger partial charge in [-0.15, -0.1) is 0 Å². The highest BCUT2D eigenvalue weighted by Crippen LogP contribution is 2.30.